The van der Waals surface area contributed by atoms with Crippen molar-refractivity contribution in [2.75, 3.05) is 19.8 Å². The quantitative estimate of drug-likeness (QED) is 0.405. The van der Waals surface area contributed by atoms with Gasteiger partial charge in [-0.2, -0.15) is 0 Å². The summed E-state index contributed by atoms with van der Waals surface area (Å²) in [6, 6.07) is 0. The molecule has 0 aliphatic rings. The fraction of sp³-hybridized carbons (Fsp3) is 0.900. The molecule has 0 amide bonds. The Bertz CT molecular complexity index is 334. The molecule has 0 aromatic heterocycles. The van der Waals surface area contributed by atoms with Gasteiger partial charge in [0.15, 0.2) is 0 Å². The van der Waals surface area contributed by atoms with Crippen molar-refractivity contribution < 1.29 is 14.2 Å². The molecule has 0 aromatic carbocycles. The van der Waals surface area contributed by atoms with Gasteiger partial charge in [-0.3, -0.25) is 0 Å². The molecular formula is C20H40O3. The molecule has 0 aliphatic carbocycles. The Morgan fingerprint density at radius 2 is 1.57 bits per heavy atom. The van der Waals surface area contributed by atoms with Crippen LogP contribution < -0.4 is 0 Å². The lowest BCUT2D eigenvalue weighted by molar-refractivity contribution is -0.161. The highest BCUT2D eigenvalue weighted by Gasteiger charge is 2.36. The van der Waals surface area contributed by atoms with Gasteiger partial charge in [0, 0.05) is 12.5 Å². The zero-order valence-corrected chi connectivity index (χ0v) is 17.0. The van der Waals surface area contributed by atoms with E-state index >= 15 is 0 Å². The summed E-state index contributed by atoms with van der Waals surface area (Å²) in [6.45, 7) is 25.0. The molecule has 0 saturated heterocycles. The third-order valence-electron chi connectivity index (χ3n) is 4.00. The van der Waals surface area contributed by atoms with Gasteiger partial charge in [-0.05, 0) is 46.5 Å². The van der Waals surface area contributed by atoms with Crippen molar-refractivity contribution in [1.29, 1.82) is 0 Å². The van der Waals surface area contributed by atoms with Crippen LogP contribution in [0.3, 0.4) is 0 Å². The standard InChI is InChI=1S/C20H40O3/c1-11-13-21-15-17(23-19(6,7)8)16(2)20(9,10)22-14-12-18(3,4)5/h11,16-17H,1,12-15H2,2-10H3. The van der Waals surface area contributed by atoms with E-state index in [9.17, 15) is 0 Å². The first-order chi connectivity index (χ1) is 10.3. The van der Waals surface area contributed by atoms with Crippen molar-refractivity contribution in [3.05, 3.63) is 12.7 Å². The zero-order valence-electron chi connectivity index (χ0n) is 17.0. The minimum Gasteiger partial charge on any atom is -0.375 e. The van der Waals surface area contributed by atoms with Crippen LogP contribution in [0.5, 0.6) is 0 Å². The zero-order chi connectivity index (χ0) is 18.3. The molecule has 0 saturated carbocycles. The van der Waals surface area contributed by atoms with Gasteiger partial charge in [0.25, 0.3) is 0 Å². The summed E-state index contributed by atoms with van der Waals surface area (Å²) < 4.78 is 18.1. The minimum atomic E-state index is -0.265. The largest absolute Gasteiger partial charge is 0.375 e. The predicted molar refractivity (Wildman–Crippen MR) is 98.9 cm³/mol. The average molecular weight is 329 g/mol. The predicted octanol–water partition coefficient (Wildman–Crippen LogP) is 5.24. The average Bonchev–Trinajstić information content (AvgIpc) is 2.33. The second kappa shape index (κ2) is 9.19. The van der Waals surface area contributed by atoms with Gasteiger partial charge < -0.3 is 14.2 Å². The number of rotatable bonds is 10. The molecule has 0 aliphatic heterocycles. The van der Waals surface area contributed by atoms with Crippen LogP contribution in [0, 0.1) is 11.3 Å². The molecule has 0 aromatic rings. The Labute approximate surface area is 144 Å². The normalized spacial score (nSPS) is 16.2. The van der Waals surface area contributed by atoms with Crippen molar-refractivity contribution >= 4 is 0 Å². The summed E-state index contributed by atoms with van der Waals surface area (Å²) in [5.74, 6) is 0.214. The van der Waals surface area contributed by atoms with Crippen molar-refractivity contribution in [2.24, 2.45) is 11.3 Å². The van der Waals surface area contributed by atoms with E-state index in [4.69, 9.17) is 14.2 Å². The van der Waals surface area contributed by atoms with Crippen molar-refractivity contribution in [1.82, 2.24) is 0 Å². The molecule has 0 radical (unpaired) electrons. The summed E-state index contributed by atoms with van der Waals surface area (Å²) in [7, 11) is 0. The highest BCUT2D eigenvalue weighted by atomic mass is 16.5. The van der Waals surface area contributed by atoms with E-state index in [0.29, 0.717) is 13.2 Å². The van der Waals surface area contributed by atoms with Crippen LogP contribution >= 0.6 is 0 Å². The van der Waals surface area contributed by atoms with Crippen LogP contribution in [-0.2, 0) is 14.2 Å². The van der Waals surface area contributed by atoms with E-state index in [1.807, 2.05) is 0 Å². The molecule has 0 heterocycles. The summed E-state index contributed by atoms with van der Waals surface area (Å²) in [6.07, 6.45) is 2.80. The highest BCUT2D eigenvalue weighted by molar-refractivity contribution is 4.85. The second-order valence-electron chi connectivity index (χ2n) is 9.15. The summed E-state index contributed by atoms with van der Waals surface area (Å²) in [5.41, 5.74) is -0.190. The fourth-order valence-corrected chi connectivity index (χ4v) is 2.20. The van der Waals surface area contributed by atoms with Gasteiger partial charge in [-0.25, -0.2) is 0 Å². The molecular weight excluding hydrogens is 288 g/mol. The summed E-state index contributed by atoms with van der Waals surface area (Å²) >= 11 is 0. The van der Waals surface area contributed by atoms with E-state index in [-0.39, 0.29) is 28.6 Å². The first-order valence-electron chi connectivity index (χ1n) is 8.79. The smallest absolute Gasteiger partial charge is 0.0868 e. The first-order valence-corrected chi connectivity index (χ1v) is 8.79. The van der Waals surface area contributed by atoms with Gasteiger partial charge in [0.05, 0.1) is 30.5 Å². The van der Waals surface area contributed by atoms with E-state index < -0.39 is 0 Å². The minimum absolute atomic E-state index is 0.0143. The molecule has 138 valence electrons. The third kappa shape index (κ3) is 10.9. The molecule has 0 bridgehead atoms. The molecule has 3 heteroatoms. The van der Waals surface area contributed by atoms with Crippen molar-refractivity contribution in [3.63, 3.8) is 0 Å². The van der Waals surface area contributed by atoms with Gasteiger partial charge in [0.2, 0.25) is 0 Å². The molecule has 0 spiro atoms. The monoisotopic (exact) mass is 328 g/mol. The number of hydrogen-bond acceptors (Lipinski definition) is 3. The molecule has 23 heavy (non-hydrogen) atoms. The van der Waals surface area contributed by atoms with Crippen LogP contribution in [-0.4, -0.2) is 37.1 Å². The maximum atomic E-state index is 6.24. The third-order valence-corrected chi connectivity index (χ3v) is 4.00. The Morgan fingerprint density at radius 1 is 1.00 bits per heavy atom. The van der Waals surface area contributed by atoms with E-state index in [1.165, 1.54) is 0 Å². The molecule has 2 unspecified atom stereocenters. The van der Waals surface area contributed by atoms with Crippen LogP contribution in [0.15, 0.2) is 12.7 Å². The van der Waals surface area contributed by atoms with Gasteiger partial charge >= 0.3 is 0 Å². The molecule has 2 atom stereocenters. The van der Waals surface area contributed by atoms with Crippen LogP contribution in [0.25, 0.3) is 0 Å². The SMILES string of the molecule is C=CCOCC(OC(C)(C)C)C(C)C(C)(C)OCCC(C)(C)C. The van der Waals surface area contributed by atoms with Gasteiger partial charge in [-0.15, -0.1) is 6.58 Å². The Hall–Kier alpha value is -0.380. The van der Waals surface area contributed by atoms with Crippen LogP contribution in [0.1, 0.15) is 68.7 Å². The summed E-state index contributed by atoms with van der Waals surface area (Å²) in [4.78, 5) is 0. The van der Waals surface area contributed by atoms with E-state index in [0.717, 1.165) is 13.0 Å². The lowest BCUT2D eigenvalue weighted by Gasteiger charge is -2.40. The second-order valence-corrected chi connectivity index (χ2v) is 9.15. The Balaban J connectivity index is 4.79. The highest BCUT2D eigenvalue weighted by Crippen LogP contribution is 2.30. The Morgan fingerprint density at radius 3 is 2.00 bits per heavy atom. The summed E-state index contributed by atoms with van der Waals surface area (Å²) in [5, 5.41) is 0. The van der Waals surface area contributed by atoms with Crippen molar-refractivity contribution in [2.45, 2.75) is 86.0 Å². The van der Waals surface area contributed by atoms with Crippen LogP contribution in [0.2, 0.25) is 0 Å². The number of hydrogen-bond donors (Lipinski definition) is 0. The fourth-order valence-electron chi connectivity index (χ4n) is 2.20. The Kier molecular flexibility index (Phi) is 9.04. The maximum Gasteiger partial charge on any atom is 0.0868 e. The first kappa shape index (κ1) is 22.6. The lowest BCUT2D eigenvalue weighted by Crippen LogP contribution is -2.46. The molecule has 0 N–H and O–H groups in total. The number of ether oxygens (including phenoxy) is 3. The molecule has 0 fully saturated rings. The lowest BCUT2D eigenvalue weighted by atomic mass is 9.87. The molecule has 0 rings (SSSR count). The van der Waals surface area contributed by atoms with E-state index in [1.54, 1.807) is 6.08 Å². The van der Waals surface area contributed by atoms with Crippen molar-refractivity contribution in [3.8, 4) is 0 Å². The van der Waals surface area contributed by atoms with Gasteiger partial charge in [-0.1, -0.05) is 33.8 Å². The maximum absolute atomic E-state index is 6.24. The van der Waals surface area contributed by atoms with E-state index in [2.05, 4.69) is 68.9 Å². The van der Waals surface area contributed by atoms with Crippen LogP contribution in [0.4, 0.5) is 0 Å². The van der Waals surface area contributed by atoms with Gasteiger partial charge in [0.1, 0.15) is 0 Å². The topological polar surface area (TPSA) is 27.7 Å². The molecule has 3 nitrogen and oxygen atoms in total.